The number of carboxylic acid groups (broad SMARTS) is 1. The largest absolute Gasteiger partial charge is 0.479 e. The molecule has 0 saturated heterocycles. The number of ether oxygens (including phenoxy) is 1. The van der Waals surface area contributed by atoms with Crippen LogP contribution >= 0.6 is 0 Å². The maximum absolute atomic E-state index is 12.2. The molecule has 0 saturated carbocycles. The normalized spacial score (nSPS) is 12.2. The van der Waals surface area contributed by atoms with Gasteiger partial charge in [-0.25, -0.2) is 4.79 Å². The highest BCUT2D eigenvalue weighted by atomic mass is 16.5. The second kappa shape index (κ2) is 6.06. The maximum Gasteiger partial charge on any atom is 0.337 e. The Bertz CT molecular complexity index is 929. The van der Waals surface area contributed by atoms with Crippen LogP contribution in [0.15, 0.2) is 59.4 Å². The van der Waals surface area contributed by atoms with Crippen molar-refractivity contribution in [2.75, 3.05) is 7.11 Å². The molecule has 1 atom stereocenters. The van der Waals surface area contributed by atoms with Crippen molar-refractivity contribution in [2.24, 2.45) is 0 Å². The van der Waals surface area contributed by atoms with Crippen molar-refractivity contribution in [3.63, 3.8) is 0 Å². The van der Waals surface area contributed by atoms with Gasteiger partial charge in [-0.3, -0.25) is 4.79 Å². The van der Waals surface area contributed by atoms with Gasteiger partial charge in [0, 0.05) is 12.8 Å². The topological polar surface area (TPSA) is 79.4 Å². The number of H-pyrrole nitrogens is 1. The number of benzene rings is 2. The average Bonchev–Trinajstić information content (AvgIpc) is 2.56. The minimum absolute atomic E-state index is 0.0736. The molecule has 0 radical (unpaired) electrons. The summed E-state index contributed by atoms with van der Waals surface area (Å²) in [6.45, 7) is 0. The number of hydrogen-bond acceptors (Lipinski definition) is 3. The van der Waals surface area contributed by atoms with Crippen LogP contribution in [0.2, 0.25) is 0 Å². The van der Waals surface area contributed by atoms with Gasteiger partial charge in [-0.05, 0) is 34.5 Å². The molecule has 116 valence electrons. The highest BCUT2D eigenvalue weighted by Gasteiger charge is 2.22. The standard InChI is InChI=1S/C18H15NO4/c1-23-16(18(21)22)14-8-9-15(19-17(14)20)13-7-6-11-4-2-3-5-12(11)10-13/h2-10,16H,1H3,(H,19,20)(H,21,22). The Morgan fingerprint density at radius 1 is 1.09 bits per heavy atom. The third kappa shape index (κ3) is 2.86. The molecule has 3 rings (SSSR count). The molecule has 0 aliphatic heterocycles. The molecule has 0 aliphatic carbocycles. The van der Waals surface area contributed by atoms with Crippen LogP contribution in [0.25, 0.3) is 22.0 Å². The number of aliphatic carboxylic acids is 1. The van der Waals surface area contributed by atoms with Gasteiger partial charge in [-0.1, -0.05) is 36.4 Å². The van der Waals surface area contributed by atoms with Gasteiger partial charge in [0.1, 0.15) is 0 Å². The minimum Gasteiger partial charge on any atom is -0.479 e. The number of methoxy groups -OCH3 is 1. The summed E-state index contributed by atoms with van der Waals surface area (Å²) in [5.74, 6) is -1.20. The van der Waals surface area contributed by atoms with Crippen molar-refractivity contribution < 1.29 is 14.6 Å². The van der Waals surface area contributed by atoms with E-state index in [0.29, 0.717) is 5.69 Å². The summed E-state index contributed by atoms with van der Waals surface area (Å²) in [7, 11) is 1.26. The Morgan fingerprint density at radius 3 is 2.48 bits per heavy atom. The average molecular weight is 309 g/mol. The number of aromatic nitrogens is 1. The fraction of sp³-hybridized carbons (Fsp3) is 0.111. The number of aromatic amines is 1. The summed E-state index contributed by atoms with van der Waals surface area (Å²) in [5, 5.41) is 11.3. The maximum atomic E-state index is 12.2. The molecular formula is C18H15NO4. The smallest absolute Gasteiger partial charge is 0.337 e. The van der Waals surface area contributed by atoms with Gasteiger partial charge in [0.15, 0.2) is 6.10 Å². The molecule has 1 aromatic heterocycles. The lowest BCUT2D eigenvalue weighted by Gasteiger charge is -2.11. The fourth-order valence-electron chi connectivity index (χ4n) is 2.58. The van der Waals surface area contributed by atoms with Crippen LogP contribution < -0.4 is 5.56 Å². The van der Waals surface area contributed by atoms with Crippen LogP contribution in [0, 0.1) is 0 Å². The number of carbonyl (C=O) groups is 1. The second-order valence-corrected chi connectivity index (χ2v) is 5.17. The molecule has 2 aromatic carbocycles. The van der Waals surface area contributed by atoms with E-state index in [1.807, 2.05) is 42.5 Å². The van der Waals surface area contributed by atoms with E-state index in [1.54, 1.807) is 6.07 Å². The van der Waals surface area contributed by atoms with Gasteiger partial charge in [0.05, 0.1) is 5.56 Å². The summed E-state index contributed by atoms with van der Waals surface area (Å²) in [4.78, 5) is 26.0. The highest BCUT2D eigenvalue weighted by molar-refractivity contribution is 5.86. The third-order valence-corrected chi connectivity index (χ3v) is 3.74. The van der Waals surface area contributed by atoms with Crippen LogP contribution in [-0.4, -0.2) is 23.2 Å². The zero-order chi connectivity index (χ0) is 16.4. The van der Waals surface area contributed by atoms with Crippen LogP contribution in [0.3, 0.4) is 0 Å². The first-order valence-electron chi connectivity index (χ1n) is 7.08. The number of fused-ring (bicyclic) bond motifs is 1. The number of nitrogens with one attached hydrogen (secondary N) is 1. The summed E-state index contributed by atoms with van der Waals surface area (Å²) >= 11 is 0. The zero-order valence-corrected chi connectivity index (χ0v) is 12.4. The van der Waals surface area contributed by atoms with E-state index < -0.39 is 17.6 Å². The van der Waals surface area contributed by atoms with E-state index in [4.69, 9.17) is 9.84 Å². The lowest BCUT2D eigenvalue weighted by atomic mass is 10.0. The van der Waals surface area contributed by atoms with Gasteiger partial charge in [0.25, 0.3) is 5.56 Å². The molecular weight excluding hydrogens is 294 g/mol. The SMILES string of the molecule is COC(C(=O)O)c1ccc(-c2ccc3ccccc3c2)[nH]c1=O. The summed E-state index contributed by atoms with van der Waals surface area (Å²) in [6.07, 6.45) is -1.27. The molecule has 5 nitrogen and oxygen atoms in total. The molecule has 2 N–H and O–H groups in total. The monoisotopic (exact) mass is 309 g/mol. The molecule has 0 aliphatic rings. The molecule has 0 bridgehead atoms. The van der Waals surface area contributed by atoms with E-state index >= 15 is 0 Å². The Labute approximate surface area is 132 Å². The van der Waals surface area contributed by atoms with Gasteiger partial charge < -0.3 is 14.8 Å². The Balaban J connectivity index is 2.05. The molecule has 1 unspecified atom stereocenters. The van der Waals surface area contributed by atoms with E-state index in [2.05, 4.69) is 4.98 Å². The third-order valence-electron chi connectivity index (χ3n) is 3.74. The van der Waals surface area contributed by atoms with Crippen LogP contribution in [0.1, 0.15) is 11.7 Å². The first kappa shape index (κ1) is 15.0. The van der Waals surface area contributed by atoms with E-state index in [0.717, 1.165) is 16.3 Å². The minimum atomic E-state index is -1.27. The van der Waals surface area contributed by atoms with Crippen molar-refractivity contribution in [1.82, 2.24) is 4.98 Å². The van der Waals surface area contributed by atoms with Crippen molar-refractivity contribution in [3.05, 3.63) is 70.5 Å². The van der Waals surface area contributed by atoms with Gasteiger partial charge in [-0.15, -0.1) is 0 Å². The van der Waals surface area contributed by atoms with Crippen molar-refractivity contribution >= 4 is 16.7 Å². The second-order valence-electron chi connectivity index (χ2n) is 5.17. The number of pyridine rings is 1. The van der Waals surface area contributed by atoms with E-state index in [-0.39, 0.29) is 5.56 Å². The molecule has 5 heteroatoms. The molecule has 0 fully saturated rings. The lowest BCUT2D eigenvalue weighted by Crippen LogP contribution is -2.23. The summed E-state index contributed by atoms with van der Waals surface area (Å²) in [5.41, 5.74) is 1.09. The fourth-order valence-corrected chi connectivity index (χ4v) is 2.58. The molecule has 3 aromatic rings. The first-order chi connectivity index (χ1) is 11.1. The van der Waals surface area contributed by atoms with Crippen molar-refractivity contribution in [2.45, 2.75) is 6.10 Å². The summed E-state index contributed by atoms with van der Waals surface area (Å²) in [6, 6.07) is 17.0. The predicted molar refractivity (Wildman–Crippen MR) is 87.4 cm³/mol. The van der Waals surface area contributed by atoms with Crippen molar-refractivity contribution in [1.29, 1.82) is 0 Å². The van der Waals surface area contributed by atoms with Crippen LogP contribution in [-0.2, 0) is 9.53 Å². The molecule has 1 heterocycles. The van der Waals surface area contributed by atoms with Gasteiger partial charge in [0.2, 0.25) is 0 Å². The van der Waals surface area contributed by atoms with E-state index in [9.17, 15) is 9.59 Å². The first-order valence-corrected chi connectivity index (χ1v) is 7.08. The number of rotatable bonds is 4. The highest BCUT2D eigenvalue weighted by Crippen LogP contribution is 2.23. The summed E-state index contributed by atoms with van der Waals surface area (Å²) < 4.78 is 4.86. The Kier molecular flexibility index (Phi) is 3.95. The number of carboxylic acids is 1. The van der Waals surface area contributed by atoms with Crippen molar-refractivity contribution in [3.8, 4) is 11.3 Å². The molecule has 0 spiro atoms. The van der Waals surface area contributed by atoms with Gasteiger partial charge in [-0.2, -0.15) is 0 Å². The Hall–Kier alpha value is -2.92. The predicted octanol–water partition coefficient (Wildman–Crippen LogP) is 2.97. The quantitative estimate of drug-likeness (QED) is 0.776. The van der Waals surface area contributed by atoms with Crippen LogP contribution in [0.4, 0.5) is 0 Å². The lowest BCUT2D eigenvalue weighted by molar-refractivity contribution is -0.149. The van der Waals surface area contributed by atoms with Gasteiger partial charge >= 0.3 is 5.97 Å². The molecule has 0 amide bonds. The van der Waals surface area contributed by atoms with E-state index in [1.165, 1.54) is 13.2 Å². The Morgan fingerprint density at radius 2 is 1.83 bits per heavy atom. The molecule has 23 heavy (non-hydrogen) atoms. The zero-order valence-electron chi connectivity index (χ0n) is 12.4. The number of hydrogen-bond donors (Lipinski definition) is 2. The van der Waals surface area contributed by atoms with Crippen LogP contribution in [0.5, 0.6) is 0 Å².